The number of aryl methyl sites for hydroxylation is 1. The van der Waals surface area contributed by atoms with Crippen LogP contribution in [0.5, 0.6) is 0 Å². The molecule has 23 heavy (non-hydrogen) atoms. The fourth-order valence-electron chi connectivity index (χ4n) is 2.61. The molecule has 2 aromatic carbocycles. The second-order valence-electron chi connectivity index (χ2n) is 5.31. The van der Waals surface area contributed by atoms with Gasteiger partial charge < -0.3 is 10.2 Å². The van der Waals surface area contributed by atoms with Crippen molar-refractivity contribution < 1.29 is 9.59 Å². The maximum atomic E-state index is 12.3. The molecule has 118 valence electrons. The largest absolute Gasteiger partial charge is 0.324 e. The smallest absolute Gasteiger partial charge is 0.244 e. The molecule has 0 unspecified atom stereocenters. The third-order valence-corrected chi connectivity index (χ3v) is 4.38. The van der Waals surface area contributed by atoms with E-state index in [9.17, 15) is 9.59 Å². The Kier molecular flexibility index (Phi) is 4.68. The highest BCUT2D eigenvalue weighted by molar-refractivity contribution is 9.10. The highest BCUT2D eigenvalue weighted by Gasteiger charge is 2.26. The van der Waals surface area contributed by atoms with Gasteiger partial charge in [-0.2, -0.15) is 0 Å². The lowest BCUT2D eigenvalue weighted by Crippen LogP contribution is -2.40. The van der Waals surface area contributed by atoms with Gasteiger partial charge in [-0.05, 0) is 48.4 Å². The standard InChI is InChI=1S/C17H14BrClN2O2/c18-12-5-6-15-11(8-12)4-7-17(23)21(15)10-16(22)20-14-3-1-2-13(19)9-14/h1-3,5-6,8-9H,4,7,10H2,(H,20,22). The summed E-state index contributed by atoms with van der Waals surface area (Å²) in [5.74, 6) is -0.294. The van der Waals surface area contributed by atoms with Gasteiger partial charge in [0.05, 0.1) is 0 Å². The topological polar surface area (TPSA) is 49.4 Å². The van der Waals surface area contributed by atoms with E-state index in [0.29, 0.717) is 23.6 Å². The van der Waals surface area contributed by atoms with Gasteiger partial charge in [-0.3, -0.25) is 9.59 Å². The number of amides is 2. The van der Waals surface area contributed by atoms with Gasteiger partial charge in [0.25, 0.3) is 0 Å². The molecule has 6 heteroatoms. The second kappa shape index (κ2) is 6.72. The number of benzene rings is 2. The van der Waals surface area contributed by atoms with E-state index in [4.69, 9.17) is 11.6 Å². The zero-order valence-electron chi connectivity index (χ0n) is 12.2. The van der Waals surface area contributed by atoms with Crippen molar-refractivity contribution >= 4 is 50.7 Å². The van der Waals surface area contributed by atoms with Crippen molar-refractivity contribution in [1.82, 2.24) is 0 Å². The summed E-state index contributed by atoms with van der Waals surface area (Å²) in [6, 6.07) is 12.7. The minimum Gasteiger partial charge on any atom is -0.324 e. The Bertz CT molecular complexity index is 779. The van der Waals surface area contributed by atoms with Crippen molar-refractivity contribution in [2.75, 3.05) is 16.8 Å². The number of nitrogens with one attached hydrogen (secondary N) is 1. The number of carbonyl (C=O) groups is 2. The van der Waals surface area contributed by atoms with Crippen LogP contribution in [-0.4, -0.2) is 18.4 Å². The quantitative estimate of drug-likeness (QED) is 0.856. The van der Waals surface area contributed by atoms with Gasteiger partial charge in [-0.25, -0.2) is 0 Å². The van der Waals surface area contributed by atoms with Crippen LogP contribution in [0.15, 0.2) is 46.9 Å². The first kappa shape index (κ1) is 16.0. The normalized spacial score (nSPS) is 13.7. The molecule has 0 aromatic heterocycles. The summed E-state index contributed by atoms with van der Waals surface area (Å²) in [5.41, 5.74) is 2.48. The minimum absolute atomic E-state index is 0.0139. The van der Waals surface area contributed by atoms with Crippen LogP contribution in [0.3, 0.4) is 0 Å². The van der Waals surface area contributed by atoms with Gasteiger partial charge in [-0.15, -0.1) is 0 Å². The summed E-state index contributed by atoms with van der Waals surface area (Å²) in [5, 5.41) is 3.31. The van der Waals surface area contributed by atoms with E-state index in [1.54, 1.807) is 24.3 Å². The molecule has 3 rings (SSSR count). The molecule has 1 N–H and O–H groups in total. The SMILES string of the molecule is O=C(CN1C(=O)CCc2cc(Br)ccc21)Nc1cccc(Cl)c1. The van der Waals surface area contributed by atoms with Gasteiger partial charge in [-0.1, -0.05) is 33.6 Å². The van der Waals surface area contributed by atoms with E-state index in [1.807, 2.05) is 18.2 Å². The lowest BCUT2D eigenvalue weighted by Gasteiger charge is -2.29. The Labute approximate surface area is 147 Å². The number of nitrogens with zero attached hydrogens (tertiary/aromatic N) is 1. The molecule has 2 aromatic rings. The molecule has 0 bridgehead atoms. The van der Waals surface area contributed by atoms with Crippen LogP contribution in [-0.2, 0) is 16.0 Å². The average Bonchev–Trinajstić information content (AvgIpc) is 2.50. The number of carbonyl (C=O) groups excluding carboxylic acids is 2. The molecule has 0 radical (unpaired) electrons. The zero-order valence-corrected chi connectivity index (χ0v) is 14.5. The van der Waals surface area contributed by atoms with Crippen LogP contribution in [0.4, 0.5) is 11.4 Å². The summed E-state index contributed by atoms with van der Waals surface area (Å²) >= 11 is 9.34. The molecular formula is C17H14BrClN2O2. The molecule has 0 fully saturated rings. The predicted octanol–water partition coefficient (Wildman–Crippen LogP) is 4.02. The summed E-state index contributed by atoms with van der Waals surface area (Å²) in [6.07, 6.45) is 1.11. The summed E-state index contributed by atoms with van der Waals surface area (Å²) in [4.78, 5) is 26.0. The van der Waals surface area contributed by atoms with Gasteiger partial charge in [0.15, 0.2) is 0 Å². The van der Waals surface area contributed by atoms with Crippen molar-refractivity contribution in [1.29, 1.82) is 0 Å². The monoisotopic (exact) mass is 392 g/mol. The van der Waals surface area contributed by atoms with E-state index in [2.05, 4.69) is 21.2 Å². The predicted molar refractivity (Wildman–Crippen MR) is 94.9 cm³/mol. The fourth-order valence-corrected chi connectivity index (χ4v) is 3.21. The lowest BCUT2D eigenvalue weighted by atomic mass is 10.0. The molecule has 4 nitrogen and oxygen atoms in total. The van der Waals surface area contributed by atoms with Gasteiger partial charge in [0.1, 0.15) is 6.54 Å². The first-order valence-corrected chi connectivity index (χ1v) is 8.34. The molecule has 0 saturated carbocycles. The number of anilines is 2. The summed E-state index contributed by atoms with van der Waals surface area (Å²) < 4.78 is 0.967. The van der Waals surface area contributed by atoms with E-state index < -0.39 is 0 Å². The van der Waals surface area contributed by atoms with Crippen molar-refractivity contribution in [3.63, 3.8) is 0 Å². The number of fused-ring (bicyclic) bond motifs is 1. The van der Waals surface area contributed by atoms with Crippen LogP contribution in [0.25, 0.3) is 0 Å². The second-order valence-corrected chi connectivity index (χ2v) is 6.66. The molecule has 0 spiro atoms. The Morgan fingerprint density at radius 2 is 2.04 bits per heavy atom. The summed E-state index contributed by atoms with van der Waals surface area (Å²) in [6.45, 7) is -0.0139. The van der Waals surface area contributed by atoms with Gasteiger partial charge in [0.2, 0.25) is 11.8 Å². The molecule has 1 aliphatic heterocycles. The maximum absolute atomic E-state index is 12.3. The Balaban J connectivity index is 1.77. The minimum atomic E-state index is -0.253. The third kappa shape index (κ3) is 3.74. The molecule has 2 amide bonds. The van der Waals surface area contributed by atoms with Crippen molar-refractivity contribution in [3.8, 4) is 0 Å². The zero-order chi connectivity index (χ0) is 16.4. The fraction of sp³-hybridized carbons (Fsp3) is 0.176. The van der Waals surface area contributed by atoms with Crippen molar-refractivity contribution in [2.24, 2.45) is 0 Å². The van der Waals surface area contributed by atoms with E-state index >= 15 is 0 Å². The van der Waals surface area contributed by atoms with E-state index in [-0.39, 0.29) is 18.4 Å². The van der Waals surface area contributed by atoms with Crippen LogP contribution in [0, 0.1) is 0 Å². The molecule has 0 atom stereocenters. The Morgan fingerprint density at radius 1 is 1.22 bits per heavy atom. The van der Waals surface area contributed by atoms with Crippen LogP contribution in [0.2, 0.25) is 5.02 Å². The molecule has 0 saturated heterocycles. The molecular weight excluding hydrogens is 380 g/mol. The lowest BCUT2D eigenvalue weighted by molar-refractivity contribution is -0.121. The Morgan fingerprint density at radius 3 is 2.83 bits per heavy atom. The Hall–Kier alpha value is -1.85. The first-order valence-electron chi connectivity index (χ1n) is 7.17. The number of rotatable bonds is 3. The van der Waals surface area contributed by atoms with Crippen molar-refractivity contribution in [2.45, 2.75) is 12.8 Å². The first-order chi connectivity index (χ1) is 11.0. The van der Waals surface area contributed by atoms with Gasteiger partial charge in [0, 0.05) is 27.3 Å². The average molecular weight is 394 g/mol. The number of hydrogen-bond acceptors (Lipinski definition) is 2. The van der Waals surface area contributed by atoms with E-state index in [0.717, 1.165) is 15.7 Å². The highest BCUT2D eigenvalue weighted by Crippen LogP contribution is 2.30. The number of halogens is 2. The molecule has 1 heterocycles. The van der Waals surface area contributed by atoms with E-state index in [1.165, 1.54) is 4.90 Å². The highest BCUT2D eigenvalue weighted by atomic mass is 79.9. The summed E-state index contributed by atoms with van der Waals surface area (Å²) in [7, 11) is 0. The molecule has 1 aliphatic rings. The third-order valence-electron chi connectivity index (χ3n) is 3.65. The maximum Gasteiger partial charge on any atom is 0.244 e. The van der Waals surface area contributed by atoms with Gasteiger partial charge >= 0.3 is 0 Å². The number of hydrogen-bond donors (Lipinski definition) is 1. The van der Waals surface area contributed by atoms with Crippen LogP contribution >= 0.6 is 27.5 Å². The van der Waals surface area contributed by atoms with Crippen LogP contribution < -0.4 is 10.2 Å². The van der Waals surface area contributed by atoms with Crippen LogP contribution in [0.1, 0.15) is 12.0 Å². The molecule has 0 aliphatic carbocycles. The van der Waals surface area contributed by atoms with Crippen molar-refractivity contribution in [3.05, 3.63) is 57.5 Å².